The van der Waals surface area contributed by atoms with Crippen LogP contribution in [0.15, 0.2) is 43.2 Å². The average molecular weight is 310 g/mol. The predicted molar refractivity (Wildman–Crippen MR) is 90.8 cm³/mol. The lowest BCUT2D eigenvalue weighted by Gasteiger charge is -2.33. The van der Waals surface area contributed by atoms with E-state index in [1.54, 1.807) is 12.4 Å². The Morgan fingerprint density at radius 1 is 1.35 bits per heavy atom. The zero-order valence-corrected chi connectivity index (χ0v) is 13.2. The van der Waals surface area contributed by atoms with E-state index in [1.165, 1.54) is 19.3 Å². The standard InChI is InChI=1S/C18H22N4O/c1-2-18(9-5-3-6-10-18)12-16(23)21-15-13-20-22-17(15)14-8-4-7-11-19-14/h2,4,7-8,11,13H,1,3,5-6,9-10,12H2,(H,20,22)(H,21,23). The van der Waals surface area contributed by atoms with E-state index in [-0.39, 0.29) is 11.3 Å². The van der Waals surface area contributed by atoms with Crippen molar-refractivity contribution < 1.29 is 4.79 Å². The second-order valence-corrected chi connectivity index (χ2v) is 6.23. The number of H-pyrrole nitrogens is 1. The molecular weight excluding hydrogens is 288 g/mol. The number of carbonyl (C=O) groups excluding carboxylic acids is 1. The van der Waals surface area contributed by atoms with Crippen molar-refractivity contribution in [2.24, 2.45) is 5.41 Å². The number of carbonyl (C=O) groups is 1. The van der Waals surface area contributed by atoms with Gasteiger partial charge in [0.25, 0.3) is 0 Å². The Kier molecular flexibility index (Phi) is 4.55. The minimum absolute atomic E-state index is 0.00498. The molecule has 0 aromatic carbocycles. The van der Waals surface area contributed by atoms with E-state index in [2.05, 4.69) is 27.1 Å². The van der Waals surface area contributed by atoms with Gasteiger partial charge in [-0.25, -0.2) is 0 Å². The van der Waals surface area contributed by atoms with Crippen molar-refractivity contribution in [1.82, 2.24) is 15.2 Å². The van der Waals surface area contributed by atoms with E-state index in [0.29, 0.717) is 12.1 Å². The summed E-state index contributed by atoms with van der Waals surface area (Å²) in [6, 6.07) is 5.65. The third kappa shape index (κ3) is 3.50. The largest absolute Gasteiger partial charge is 0.323 e. The second kappa shape index (κ2) is 6.77. The third-order valence-corrected chi connectivity index (χ3v) is 4.63. The Bertz CT molecular complexity index is 671. The Morgan fingerprint density at radius 2 is 2.17 bits per heavy atom. The van der Waals surface area contributed by atoms with Gasteiger partial charge in [-0.15, -0.1) is 6.58 Å². The summed E-state index contributed by atoms with van der Waals surface area (Å²) in [6.07, 6.45) is 11.5. The molecule has 2 heterocycles. The Labute approximate surface area is 136 Å². The van der Waals surface area contributed by atoms with E-state index in [9.17, 15) is 4.79 Å². The summed E-state index contributed by atoms with van der Waals surface area (Å²) < 4.78 is 0. The maximum Gasteiger partial charge on any atom is 0.225 e. The number of amides is 1. The first-order valence-corrected chi connectivity index (χ1v) is 8.11. The van der Waals surface area contributed by atoms with Crippen LogP contribution in [0.1, 0.15) is 38.5 Å². The number of pyridine rings is 1. The molecule has 0 radical (unpaired) electrons. The lowest BCUT2D eigenvalue weighted by Crippen LogP contribution is -2.28. The first kappa shape index (κ1) is 15.5. The first-order valence-electron chi connectivity index (χ1n) is 8.11. The normalized spacial score (nSPS) is 16.7. The molecule has 3 rings (SSSR count). The van der Waals surface area contributed by atoms with Gasteiger partial charge in [0.05, 0.1) is 17.6 Å². The molecule has 0 saturated heterocycles. The molecular formula is C18H22N4O. The molecule has 2 N–H and O–H groups in total. The van der Waals surface area contributed by atoms with E-state index >= 15 is 0 Å². The molecule has 1 aliphatic carbocycles. The van der Waals surface area contributed by atoms with Crippen LogP contribution in [0.25, 0.3) is 11.4 Å². The monoisotopic (exact) mass is 310 g/mol. The second-order valence-electron chi connectivity index (χ2n) is 6.23. The highest BCUT2D eigenvalue weighted by Crippen LogP contribution is 2.40. The zero-order chi connectivity index (χ0) is 16.1. The summed E-state index contributed by atoms with van der Waals surface area (Å²) in [7, 11) is 0. The smallest absolute Gasteiger partial charge is 0.225 e. The number of hydrogen-bond donors (Lipinski definition) is 2. The number of aromatic nitrogens is 3. The van der Waals surface area contributed by atoms with Crippen LogP contribution in [0.4, 0.5) is 5.69 Å². The molecule has 120 valence electrons. The predicted octanol–water partition coefficient (Wildman–Crippen LogP) is 3.94. The first-order chi connectivity index (χ1) is 11.2. The molecule has 1 aliphatic rings. The maximum absolute atomic E-state index is 12.5. The van der Waals surface area contributed by atoms with E-state index in [0.717, 1.165) is 24.2 Å². The summed E-state index contributed by atoms with van der Waals surface area (Å²) >= 11 is 0. The van der Waals surface area contributed by atoms with Gasteiger partial charge in [0, 0.05) is 12.6 Å². The number of aromatic amines is 1. The van der Waals surface area contributed by atoms with Crippen LogP contribution in [-0.4, -0.2) is 21.1 Å². The minimum atomic E-state index is -0.0583. The number of nitrogens with one attached hydrogen (secondary N) is 2. The molecule has 23 heavy (non-hydrogen) atoms. The van der Waals surface area contributed by atoms with E-state index in [4.69, 9.17) is 0 Å². The van der Waals surface area contributed by atoms with Crippen LogP contribution in [0.5, 0.6) is 0 Å². The number of anilines is 1. The lowest BCUT2D eigenvalue weighted by atomic mass is 9.72. The third-order valence-electron chi connectivity index (χ3n) is 4.63. The highest BCUT2D eigenvalue weighted by molar-refractivity contribution is 5.94. The summed E-state index contributed by atoms with van der Waals surface area (Å²) in [5.41, 5.74) is 2.10. The van der Waals surface area contributed by atoms with E-state index in [1.807, 2.05) is 24.3 Å². The van der Waals surface area contributed by atoms with Crippen molar-refractivity contribution in [3.63, 3.8) is 0 Å². The van der Waals surface area contributed by atoms with Crippen molar-refractivity contribution in [2.75, 3.05) is 5.32 Å². The molecule has 2 aromatic heterocycles. The molecule has 0 spiro atoms. The fourth-order valence-corrected chi connectivity index (χ4v) is 3.31. The van der Waals surface area contributed by atoms with Crippen LogP contribution in [0.2, 0.25) is 0 Å². The Morgan fingerprint density at radius 3 is 2.87 bits per heavy atom. The van der Waals surface area contributed by atoms with Gasteiger partial charge in [-0.05, 0) is 30.4 Å². The van der Waals surface area contributed by atoms with Gasteiger partial charge in [-0.3, -0.25) is 14.9 Å². The quantitative estimate of drug-likeness (QED) is 0.822. The van der Waals surface area contributed by atoms with E-state index < -0.39 is 0 Å². The average Bonchev–Trinajstić information content (AvgIpc) is 3.04. The van der Waals surface area contributed by atoms with Crippen LogP contribution in [0, 0.1) is 5.41 Å². The SMILES string of the molecule is C=CC1(CC(=O)Nc2cn[nH]c2-c2ccccn2)CCCCC1. The Balaban J connectivity index is 1.71. The van der Waals surface area contributed by atoms with Crippen LogP contribution in [-0.2, 0) is 4.79 Å². The fraction of sp³-hybridized carbons (Fsp3) is 0.389. The summed E-state index contributed by atoms with van der Waals surface area (Å²) in [6.45, 7) is 3.96. The highest BCUT2D eigenvalue weighted by atomic mass is 16.1. The molecule has 1 fully saturated rings. The summed E-state index contributed by atoms with van der Waals surface area (Å²) in [5.74, 6) is 0.00498. The van der Waals surface area contributed by atoms with Crippen LogP contribution in [0.3, 0.4) is 0 Å². The van der Waals surface area contributed by atoms with Crippen LogP contribution >= 0.6 is 0 Å². The van der Waals surface area contributed by atoms with Gasteiger partial charge >= 0.3 is 0 Å². The molecule has 0 bridgehead atoms. The molecule has 1 saturated carbocycles. The van der Waals surface area contributed by atoms with Gasteiger partial charge in [-0.2, -0.15) is 5.10 Å². The molecule has 0 atom stereocenters. The number of nitrogens with zero attached hydrogens (tertiary/aromatic N) is 2. The maximum atomic E-state index is 12.5. The molecule has 2 aromatic rings. The van der Waals surface area contributed by atoms with Gasteiger partial charge in [-0.1, -0.05) is 31.4 Å². The van der Waals surface area contributed by atoms with Gasteiger partial charge in [0.1, 0.15) is 5.69 Å². The van der Waals surface area contributed by atoms with Gasteiger partial charge in [0.2, 0.25) is 5.91 Å². The van der Waals surface area contributed by atoms with Gasteiger partial charge in [0.15, 0.2) is 0 Å². The molecule has 0 unspecified atom stereocenters. The fourth-order valence-electron chi connectivity index (χ4n) is 3.31. The summed E-state index contributed by atoms with van der Waals surface area (Å²) in [5, 5.41) is 9.92. The van der Waals surface area contributed by atoms with Crippen LogP contribution < -0.4 is 5.32 Å². The van der Waals surface area contributed by atoms with Crippen molar-refractivity contribution in [1.29, 1.82) is 0 Å². The van der Waals surface area contributed by atoms with Gasteiger partial charge < -0.3 is 5.32 Å². The minimum Gasteiger partial charge on any atom is -0.323 e. The summed E-state index contributed by atoms with van der Waals surface area (Å²) in [4.78, 5) is 16.8. The lowest BCUT2D eigenvalue weighted by molar-refractivity contribution is -0.118. The van der Waals surface area contributed by atoms with Crippen molar-refractivity contribution >= 4 is 11.6 Å². The van der Waals surface area contributed by atoms with Crippen molar-refractivity contribution in [3.05, 3.63) is 43.2 Å². The Hall–Kier alpha value is -2.43. The number of allylic oxidation sites excluding steroid dienone is 1. The number of hydrogen-bond acceptors (Lipinski definition) is 3. The topological polar surface area (TPSA) is 70.7 Å². The van der Waals surface area contributed by atoms with Crippen molar-refractivity contribution in [2.45, 2.75) is 38.5 Å². The molecule has 5 nitrogen and oxygen atoms in total. The molecule has 0 aliphatic heterocycles. The number of rotatable bonds is 5. The van der Waals surface area contributed by atoms with Crippen molar-refractivity contribution in [3.8, 4) is 11.4 Å². The highest BCUT2D eigenvalue weighted by Gasteiger charge is 2.31. The zero-order valence-electron chi connectivity index (χ0n) is 13.2. The molecule has 1 amide bonds. The molecule has 5 heteroatoms.